The Morgan fingerprint density at radius 1 is 0.792 bits per heavy atom. The highest BCUT2D eigenvalue weighted by Crippen LogP contribution is 2.27. The molecule has 0 saturated heterocycles. The van der Waals surface area contributed by atoms with E-state index in [9.17, 15) is 9.59 Å². The summed E-state index contributed by atoms with van der Waals surface area (Å²) in [4.78, 5) is 29.3. The number of aromatic carboxylic acids is 1. The average Bonchev–Trinajstić information content (AvgIpc) is 2.64. The standard InChI is InChI=1S/C19H14N2O3/c22-18(14-7-3-1-4-8-14)21(15-9-5-2-6-10-15)16-11-12-17(19(23)24)20-13-16/h1-13H,(H,23,24). The van der Waals surface area contributed by atoms with Crippen LogP contribution in [0.3, 0.4) is 0 Å². The topological polar surface area (TPSA) is 70.5 Å². The number of nitrogens with zero attached hydrogens (tertiary/aromatic N) is 2. The number of hydrogen-bond acceptors (Lipinski definition) is 3. The van der Waals surface area contributed by atoms with E-state index < -0.39 is 5.97 Å². The number of amides is 1. The second-order valence-electron chi connectivity index (χ2n) is 5.05. The predicted octanol–water partition coefficient (Wildman–Crippen LogP) is 3.76. The third kappa shape index (κ3) is 3.15. The van der Waals surface area contributed by atoms with Gasteiger partial charge in [0.25, 0.3) is 5.91 Å². The first-order valence-electron chi connectivity index (χ1n) is 7.31. The molecule has 0 aliphatic carbocycles. The lowest BCUT2D eigenvalue weighted by Gasteiger charge is -2.23. The Morgan fingerprint density at radius 2 is 1.42 bits per heavy atom. The Morgan fingerprint density at radius 3 is 1.96 bits per heavy atom. The Balaban J connectivity index is 2.06. The van der Waals surface area contributed by atoms with Gasteiger partial charge in [0, 0.05) is 11.3 Å². The molecule has 0 atom stereocenters. The van der Waals surface area contributed by atoms with Gasteiger partial charge in [0.2, 0.25) is 0 Å². The lowest BCUT2D eigenvalue weighted by Crippen LogP contribution is -2.26. The summed E-state index contributed by atoms with van der Waals surface area (Å²) < 4.78 is 0. The van der Waals surface area contributed by atoms with Gasteiger partial charge in [0.1, 0.15) is 5.69 Å². The van der Waals surface area contributed by atoms with Crippen LogP contribution >= 0.6 is 0 Å². The summed E-state index contributed by atoms with van der Waals surface area (Å²) in [6, 6.07) is 21.0. The van der Waals surface area contributed by atoms with Crippen LogP contribution in [0.1, 0.15) is 20.8 Å². The summed E-state index contributed by atoms with van der Waals surface area (Å²) in [5.41, 5.74) is 1.64. The minimum absolute atomic E-state index is 0.0704. The molecule has 118 valence electrons. The highest BCUT2D eigenvalue weighted by molar-refractivity contribution is 6.10. The number of aromatic nitrogens is 1. The summed E-state index contributed by atoms with van der Waals surface area (Å²) in [5, 5.41) is 8.98. The van der Waals surface area contributed by atoms with Crippen molar-refractivity contribution in [3.05, 3.63) is 90.3 Å². The van der Waals surface area contributed by atoms with Crippen LogP contribution < -0.4 is 4.90 Å². The van der Waals surface area contributed by atoms with E-state index >= 15 is 0 Å². The van der Waals surface area contributed by atoms with Crippen molar-refractivity contribution < 1.29 is 14.7 Å². The summed E-state index contributed by atoms with van der Waals surface area (Å²) in [7, 11) is 0. The number of carbonyl (C=O) groups is 2. The summed E-state index contributed by atoms with van der Waals surface area (Å²) in [5.74, 6) is -1.33. The van der Waals surface area contributed by atoms with E-state index in [2.05, 4.69) is 4.98 Å². The van der Waals surface area contributed by atoms with Crippen molar-refractivity contribution in [2.45, 2.75) is 0 Å². The second kappa shape index (κ2) is 6.75. The molecule has 3 aromatic rings. The summed E-state index contributed by atoms with van der Waals surface area (Å²) in [6.07, 6.45) is 1.39. The van der Waals surface area contributed by atoms with E-state index in [4.69, 9.17) is 5.11 Å². The molecule has 0 spiro atoms. The number of para-hydroxylation sites is 1. The third-order valence-corrected chi connectivity index (χ3v) is 3.46. The normalized spacial score (nSPS) is 10.2. The fourth-order valence-corrected chi connectivity index (χ4v) is 2.32. The number of carbonyl (C=O) groups excluding carboxylic acids is 1. The maximum atomic E-state index is 12.9. The Kier molecular flexibility index (Phi) is 4.34. The van der Waals surface area contributed by atoms with Crippen LogP contribution in [0.5, 0.6) is 0 Å². The van der Waals surface area contributed by atoms with Crippen LogP contribution in [0.4, 0.5) is 11.4 Å². The molecule has 0 radical (unpaired) electrons. The van der Waals surface area contributed by atoms with Gasteiger partial charge in [-0.3, -0.25) is 9.69 Å². The quantitative estimate of drug-likeness (QED) is 0.795. The summed E-state index contributed by atoms with van der Waals surface area (Å²) in [6.45, 7) is 0. The smallest absolute Gasteiger partial charge is 0.354 e. The molecule has 0 aliphatic heterocycles. The first-order valence-corrected chi connectivity index (χ1v) is 7.31. The zero-order valence-electron chi connectivity index (χ0n) is 12.7. The number of hydrogen-bond donors (Lipinski definition) is 1. The number of benzene rings is 2. The maximum absolute atomic E-state index is 12.9. The number of rotatable bonds is 4. The first-order chi connectivity index (χ1) is 11.7. The number of pyridine rings is 1. The van der Waals surface area contributed by atoms with Gasteiger partial charge in [0.05, 0.1) is 11.9 Å². The van der Waals surface area contributed by atoms with E-state index in [1.807, 2.05) is 36.4 Å². The molecule has 1 N–H and O–H groups in total. The van der Waals surface area contributed by atoms with Crippen molar-refractivity contribution in [1.82, 2.24) is 4.98 Å². The molecule has 2 aromatic carbocycles. The van der Waals surface area contributed by atoms with Crippen molar-refractivity contribution in [3.8, 4) is 0 Å². The molecule has 0 saturated carbocycles. The minimum atomic E-state index is -1.11. The lowest BCUT2D eigenvalue weighted by molar-refractivity contribution is 0.0690. The number of carboxylic acid groups (broad SMARTS) is 1. The lowest BCUT2D eigenvalue weighted by atomic mass is 10.1. The highest BCUT2D eigenvalue weighted by atomic mass is 16.4. The maximum Gasteiger partial charge on any atom is 0.354 e. The van der Waals surface area contributed by atoms with Gasteiger partial charge >= 0.3 is 5.97 Å². The van der Waals surface area contributed by atoms with E-state index in [0.717, 1.165) is 0 Å². The molecule has 0 bridgehead atoms. The van der Waals surface area contributed by atoms with Gasteiger partial charge in [-0.15, -0.1) is 0 Å². The van der Waals surface area contributed by atoms with Crippen LogP contribution in [0, 0.1) is 0 Å². The molecule has 24 heavy (non-hydrogen) atoms. The number of carboxylic acids is 1. The third-order valence-electron chi connectivity index (χ3n) is 3.46. The second-order valence-corrected chi connectivity index (χ2v) is 5.05. The average molecular weight is 318 g/mol. The molecule has 5 heteroatoms. The molecular formula is C19H14N2O3. The van der Waals surface area contributed by atoms with Crippen molar-refractivity contribution in [2.24, 2.45) is 0 Å². The largest absolute Gasteiger partial charge is 0.477 e. The van der Waals surface area contributed by atoms with Gasteiger partial charge in [-0.05, 0) is 36.4 Å². The summed E-state index contributed by atoms with van der Waals surface area (Å²) >= 11 is 0. The Hall–Kier alpha value is -3.47. The molecular weight excluding hydrogens is 304 g/mol. The van der Waals surface area contributed by atoms with Crippen molar-refractivity contribution in [2.75, 3.05) is 4.90 Å². The molecule has 5 nitrogen and oxygen atoms in total. The molecule has 1 heterocycles. The van der Waals surface area contributed by atoms with Crippen LogP contribution in [0.15, 0.2) is 79.0 Å². The molecule has 1 aromatic heterocycles. The highest BCUT2D eigenvalue weighted by Gasteiger charge is 2.20. The van der Waals surface area contributed by atoms with Gasteiger partial charge < -0.3 is 5.11 Å². The SMILES string of the molecule is O=C(O)c1ccc(N(C(=O)c2ccccc2)c2ccccc2)cn1. The van der Waals surface area contributed by atoms with Crippen LogP contribution in [-0.4, -0.2) is 22.0 Å². The van der Waals surface area contributed by atoms with E-state index in [1.165, 1.54) is 17.2 Å². The van der Waals surface area contributed by atoms with Gasteiger partial charge in [-0.25, -0.2) is 9.78 Å². The zero-order chi connectivity index (χ0) is 16.9. The first kappa shape index (κ1) is 15.4. The van der Waals surface area contributed by atoms with Crippen LogP contribution in [0.2, 0.25) is 0 Å². The Bertz CT molecular complexity index is 847. The zero-order valence-corrected chi connectivity index (χ0v) is 12.7. The van der Waals surface area contributed by atoms with Crippen molar-refractivity contribution in [3.63, 3.8) is 0 Å². The Labute approximate surface area is 138 Å². The van der Waals surface area contributed by atoms with Crippen molar-refractivity contribution in [1.29, 1.82) is 0 Å². The van der Waals surface area contributed by atoms with Crippen molar-refractivity contribution >= 4 is 23.3 Å². The van der Waals surface area contributed by atoms with Gasteiger partial charge in [-0.1, -0.05) is 36.4 Å². The molecule has 1 amide bonds. The molecule has 3 rings (SSSR count). The van der Waals surface area contributed by atoms with E-state index in [0.29, 0.717) is 16.9 Å². The van der Waals surface area contributed by atoms with Crippen LogP contribution in [-0.2, 0) is 0 Å². The molecule has 0 fully saturated rings. The van der Waals surface area contributed by atoms with Gasteiger partial charge in [-0.2, -0.15) is 0 Å². The molecule has 0 unspecified atom stereocenters. The number of anilines is 2. The van der Waals surface area contributed by atoms with Gasteiger partial charge in [0.15, 0.2) is 0 Å². The fraction of sp³-hybridized carbons (Fsp3) is 0. The fourth-order valence-electron chi connectivity index (χ4n) is 2.32. The predicted molar refractivity (Wildman–Crippen MR) is 90.5 cm³/mol. The molecule has 0 aliphatic rings. The van der Waals surface area contributed by atoms with E-state index in [-0.39, 0.29) is 11.6 Å². The minimum Gasteiger partial charge on any atom is -0.477 e. The van der Waals surface area contributed by atoms with Crippen LogP contribution in [0.25, 0.3) is 0 Å². The van der Waals surface area contributed by atoms with E-state index in [1.54, 1.807) is 30.3 Å². The monoisotopic (exact) mass is 318 g/mol.